The number of methoxy groups -OCH3 is 1. The van der Waals surface area contributed by atoms with Gasteiger partial charge in [0, 0.05) is 26.9 Å². The van der Waals surface area contributed by atoms with Gasteiger partial charge < -0.3 is 50.1 Å². The van der Waals surface area contributed by atoms with Crippen molar-refractivity contribution in [3.8, 4) is 5.75 Å². The van der Waals surface area contributed by atoms with Gasteiger partial charge in [0.2, 0.25) is 11.8 Å². The van der Waals surface area contributed by atoms with Crippen LogP contribution in [0.4, 0.5) is 10.6 Å². The van der Waals surface area contributed by atoms with Crippen molar-refractivity contribution >= 4 is 40.7 Å². The molecule has 1 aliphatic rings. The molecule has 0 aliphatic carbocycles. The van der Waals surface area contributed by atoms with Crippen LogP contribution in [0, 0.1) is 0 Å². The number of ketones is 1. The Bertz CT molecular complexity index is 1710. The third-order valence-corrected chi connectivity index (χ3v) is 8.66. The molecule has 0 bridgehead atoms. The number of anilines is 1. The quantitative estimate of drug-likeness (QED) is 0.125. The third kappa shape index (κ3) is 11.1. The Morgan fingerprint density at radius 3 is 2.34 bits per heavy atom. The fraction of sp³-hybridized carbons (Fsp3) is 0.583. The highest BCUT2D eigenvalue weighted by Crippen LogP contribution is 2.32. The van der Waals surface area contributed by atoms with Gasteiger partial charge in [-0.2, -0.15) is 0 Å². The summed E-state index contributed by atoms with van der Waals surface area (Å²) >= 11 is 0. The number of hydrogen-bond donors (Lipinski definition) is 5. The van der Waals surface area contributed by atoms with Gasteiger partial charge in [-0.1, -0.05) is 25.0 Å². The lowest BCUT2D eigenvalue weighted by atomic mass is 10.0. The summed E-state index contributed by atoms with van der Waals surface area (Å²) < 4.78 is 18.2. The predicted octanol–water partition coefficient (Wildman–Crippen LogP) is 1.80. The third-order valence-electron chi connectivity index (χ3n) is 8.66. The van der Waals surface area contributed by atoms with Crippen molar-refractivity contribution in [2.75, 3.05) is 32.7 Å². The first-order valence-electron chi connectivity index (χ1n) is 17.6. The molecule has 0 saturated carbocycles. The Kier molecular flexibility index (Phi) is 14.1. The van der Waals surface area contributed by atoms with E-state index in [0.29, 0.717) is 54.0 Å². The Hall–Kier alpha value is -4.87. The number of aromatic nitrogens is 4. The standard InChI is InChI=1S/C36H52N8O9/c1-21(46)11-9-8-10-12-24(41-35(50)53-36(2,3)4)32(48)40-25(17-22-13-15-23(51-7)16-14-22)33(49)42-27-26(18-45)52-34(29(27)47)44-20-39-28-30(43(5)6)37-19-38-31(28)44/h13-16,19-20,24-27,29,34,45,47H,8-12,17-18H2,1-7H3,(H,40,48)(H,41,50)(H,42,49)/t24-,25?,26+,27?,29-,34+/m0/s1. The van der Waals surface area contributed by atoms with Crippen molar-refractivity contribution in [1.29, 1.82) is 0 Å². The molecule has 1 saturated heterocycles. The van der Waals surface area contributed by atoms with Crippen LogP contribution in [-0.2, 0) is 30.3 Å². The average molecular weight is 741 g/mol. The molecule has 4 rings (SSSR count). The summed E-state index contributed by atoms with van der Waals surface area (Å²) in [5.41, 5.74) is 0.718. The lowest BCUT2D eigenvalue weighted by Gasteiger charge is -2.27. The molecule has 17 heteroatoms. The lowest BCUT2D eigenvalue weighted by molar-refractivity contribution is -0.131. The van der Waals surface area contributed by atoms with E-state index in [9.17, 15) is 29.4 Å². The number of benzene rings is 1. The molecule has 0 radical (unpaired) electrons. The number of fused-ring (bicyclic) bond motifs is 1. The van der Waals surface area contributed by atoms with Crippen LogP contribution in [0.25, 0.3) is 11.2 Å². The number of alkyl carbamates (subject to hydrolysis) is 1. The minimum Gasteiger partial charge on any atom is -0.497 e. The molecule has 2 unspecified atom stereocenters. The van der Waals surface area contributed by atoms with Crippen LogP contribution in [0.2, 0.25) is 0 Å². The van der Waals surface area contributed by atoms with Gasteiger partial charge in [0.1, 0.15) is 47.8 Å². The first kappa shape index (κ1) is 40.9. The molecule has 0 spiro atoms. The van der Waals surface area contributed by atoms with E-state index in [1.807, 2.05) is 14.1 Å². The summed E-state index contributed by atoms with van der Waals surface area (Å²) in [6.45, 7) is 6.09. The number of imidazole rings is 1. The molecule has 3 amide bonds. The number of amides is 3. The number of nitrogens with one attached hydrogen (secondary N) is 3. The Morgan fingerprint density at radius 2 is 1.72 bits per heavy atom. The summed E-state index contributed by atoms with van der Waals surface area (Å²) in [7, 11) is 5.15. The topological polar surface area (TPSA) is 219 Å². The number of carbonyl (C=O) groups is 4. The second-order valence-electron chi connectivity index (χ2n) is 14.3. The maximum absolute atomic E-state index is 14.1. The number of ether oxygens (including phenoxy) is 3. The molecule has 290 valence electrons. The number of hydrogen-bond acceptors (Lipinski definition) is 13. The zero-order chi connectivity index (χ0) is 38.9. The van der Waals surface area contributed by atoms with Gasteiger partial charge in [-0.15, -0.1) is 0 Å². The molecule has 5 N–H and O–H groups in total. The van der Waals surface area contributed by atoms with Crippen LogP contribution in [0.15, 0.2) is 36.9 Å². The van der Waals surface area contributed by atoms with Crippen LogP contribution in [0.1, 0.15) is 71.6 Å². The summed E-state index contributed by atoms with van der Waals surface area (Å²) in [6, 6.07) is 3.61. The molecule has 6 atom stereocenters. The first-order valence-corrected chi connectivity index (χ1v) is 17.6. The molecule has 17 nitrogen and oxygen atoms in total. The minimum atomic E-state index is -1.36. The molecule has 3 aromatic rings. The Morgan fingerprint density at radius 1 is 1.00 bits per heavy atom. The van der Waals surface area contributed by atoms with Gasteiger partial charge in [-0.3, -0.25) is 14.2 Å². The number of unbranched alkanes of at least 4 members (excludes halogenated alkanes) is 2. The number of aliphatic hydroxyl groups excluding tert-OH is 2. The van der Waals surface area contributed by atoms with Gasteiger partial charge in [0.15, 0.2) is 23.2 Å². The van der Waals surface area contributed by atoms with E-state index in [0.717, 1.165) is 0 Å². The second-order valence-corrected chi connectivity index (χ2v) is 14.3. The highest BCUT2D eigenvalue weighted by atomic mass is 16.6. The lowest BCUT2D eigenvalue weighted by Crippen LogP contribution is -2.58. The van der Waals surface area contributed by atoms with Gasteiger partial charge >= 0.3 is 6.09 Å². The smallest absolute Gasteiger partial charge is 0.408 e. The molecule has 3 heterocycles. The van der Waals surface area contributed by atoms with Gasteiger partial charge in [-0.05, 0) is 58.2 Å². The average Bonchev–Trinajstić information content (AvgIpc) is 3.66. The van der Waals surface area contributed by atoms with Crippen molar-refractivity contribution in [3.05, 3.63) is 42.5 Å². The van der Waals surface area contributed by atoms with Gasteiger partial charge in [0.05, 0.1) is 26.1 Å². The molecule has 1 aromatic carbocycles. The van der Waals surface area contributed by atoms with Gasteiger partial charge in [-0.25, -0.2) is 19.7 Å². The summed E-state index contributed by atoms with van der Waals surface area (Å²) in [5, 5.41) is 30.0. The molecule has 53 heavy (non-hydrogen) atoms. The Labute approximate surface area is 308 Å². The number of carbonyl (C=O) groups excluding carboxylic acids is 4. The highest BCUT2D eigenvalue weighted by Gasteiger charge is 2.46. The van der Waals surface area contributed by atoms with Crippen LogP contribution in [0.5, 0.6) is 5.75 Å². The van der Waals surface area contributed by atoms with Crippen molar-refractivity contribution in [1.82, 2.24) is 35.5 Å². The van der Waals surface area contributed by atoms with E-state index >= 15 is 0 Å². The highest BCUT2D eigenvalue weighted by molar-refractivity contribution is 5.91. The van der Waals surface area contributed by atoms with Crippen molar-refractivity contribution < 1.29 is 43.6 Å². The van der Waals surface area contributed by atoms with Crippen LogP contribution >= 0.6 is 0 Å². The molecule has 2 aromatic heterocycles. The van der Waals surface area contributed by atoms with E-state index in [4.69, 9.17) is 14.2 Å². The number of aliphatic hydroxyl groups is 2. The minimum absolute atomic E-state index is 0.0343. The van der Waals surface area contributed by atoms with Crippen molar-refractivity contribution in [2.24, 2.45) is 0 Å². The fourth-order valence-corrected chi connectivity index (χ4v) is 6.02. The van der Waals surface area contributed by atoms with Crippen molar-refractivity contribution in [2.45, 2.75) is 108 Å². The van der Waals surface area contributed by atoms with E-state index in [2.05, 4.69) is 30.9 Å². The zero-order valence-electron chi connectivity index (χ0n) is 31.4. The molecular weight excluding hydrogens is 688 g/mol. The molecule has 1 fully saturated rings. The summed E-state index contributed by atoms with van der Waals surface area (Å²) in [5.74, 6) is -0.0687. The predicted molar refractivity (Wildman–Crippen MR) is 194 cm³/mol. The van der Waals surface area contributed by atoms with E-state index in [1.54, 1.807) is 49.9 Å². The largest absolute Gasteiger partial charge is 0.497 e. The second kappa shape index (κ2) is 18.3. The number of Topliss-reactive ketones (excluding diaryl/α,β-unsaturated/α-hetero) is 1. The SMILES string of the molecule is COc1ccc(CC(NC(=O)[C@H](CCCCCC(C)=O)NC(=O)OC(C)(C)C)C(=O)NC2[C@@H](CO)O[C@@H](n3cnc4c(N(C)C)ncnc43)[C@H]2O)cc1. The normalized spacial score (nSPS) is 19.6. The van der Waals surface area contributed by atoms with E-state index in [1.165, 1.54) is 31.3 Å². The van der Waals surface area contributed by atoms with E-state index < -0.39 is 66.7 Å². The summed E-state index contributed by atoms with van der Waals surface area (Å²) in [4.78, 5) is 67.0. The molecular formula is C36H52N8O9. The monoisotopic (exact) mass is 740 g/mol. The fourth-order valence-electron chi connectivity index (χ4n) is 6.02. The number of rotatable bonds is 17. The van der Waals surface area contributed by atoms with Crippen molar-refractivity contribution in [3.63, 3.8) is 0 Å². The van der Waals surface area contributed by atoms with E-state index in [-0.39, 0.29) is 18.6 Å². The molecule has 1 aliphatic heterocycles. The first-order chi connectivity index (χ1) is 25.1. The van der Waals surface area contributed by atoms with Gasteiger partial charge in [0.25, 0.3) is 0 Å². The zero-order valence-corrected chi connectivity index (χ0v) is 31.4. The number of nitrogens with zero attached hydrogens (tertiary/aromatic N) is 5. The van der Waals surface area contributed by atoms with Crippen LogP contribution < -0.4 is 25.6 Å². The van der Waals surface area contributed by atoms with Crippen LogP contribution in [-0.4, -0.2) is 117 Å². The maximum atomic E-state index is 14.1. The van der Waals surface area contributed by atoms with Crippen LogP contribution in [0.3, 0.4) is 0 Å². The Balaban J connectivity index is 1.57. The maximum Gasteiger partial charge on any atom is 0.408 e. The summed E-state index contributed by atoms with van der Waals surface area (Å²) in [6.07, 6.45) is 1.02.